The fourth-order valence-corrected chi connectivity index (χ4v) is 3.68. The second-order valence-corrected chi connectivity index (χ2v) is 8.65. The molecule has 1 saturated heterocycles. The van der Waals surface area contributed by atoms with Crippen molar-refractivity contribution in [3.05, 3.63) is 63.1 Å². The van der Waals surface area contributed by atoms with Crippen LogP contribution in [0, 0.1) is 13.8 Å². The van der Waals surface area contributed by atoms with Crippen molar-refractivity contribution in [2.45, 2.75) is 58.9 Å². The number of aryl methyl sites for hydroxylation is 2. The molecule has 27 heavy (non-hydrogen) atoms. The van der Waals surface area contributed by atoms with Crippen LogP contribution in [0.15, 0.2) is 35.1 Å². The molecule has 3 rings (SSSR count). The molecule has 0 unspecified atom stereocenters. The highest BCUT2D eigenvalue weighted by molar-refractivity contribution is 5.94. The van der Waals surface area contributed by atoms with Gasteiger partial charge in [-0.25, -0.2) is 4.68 Å². The summed E-state index contributed by atoms with van der Waals surface area (Å²) < 4.78 is 1.62. The zero-order chi connectivity index (χ0) is 19.8. The fraction of sp³-hybridized carbons (Fsp3) is 0.500. The average Bonchev–Trinajstić information content (AvgIpc) is 2.60. The lowest BCUT2D eigenvalue weighted by Gasteiger charge is -2.33. The molecule has 5 heteroatoms. The first kappa shape index (κ1) is 19.3. The van der Waals surface area contributed by atoms with E-state index in [9.17, 15) is 9.59 Å². The van der Waals surface area contributed by atoms with Gasteiger partial charge < -0.3 is 4.90 Å². The summed E-state index contributed by atoms with van der Waals surface area (Å²) in [5.41, 5.74) is 3.69. The number of piperidine rings is 1. The summed E-state index contributed by atoms with van der Waals surface area (Å²) in [5, 5.41) is 4.62. The van der Waals surface area contributed by atoms with Gasteiger partial charge in [0.2, 0.25) is 0 Å². The number of carbonyl (C=O) groups excluding carboxylic acids is 1. The van der Waals surface area contributed by atoms with Gasteiger partial charge in [0.1, 0.15) is 0 Å². The number of hydrogen-bond acceptors (Lipinski definition) is 3. The Labute approximate surface area is 161 Å². The Balaban J connectivity index is 1.74. The molecular weight excluding hydrogens is 338 g/mol. The van der Waals surface area contributed by atoms with Crippen molar-refractivity contribution < 1.29 is 4.79 Å². The van der Waals surface area contributed by atoms with E-state index in [0.717, 1.165) is 35.2 Å². The molecule has 0 bridgehead atoms. The first-order chi connectivity index (χ1) is 12.6. The molecule has 144 valence electrons. The van der Waals surface area contributed by atoms with E-state index in [1.807, 2.05) is 36.9 Å². The third kappa shape index (κ3) is 4.29. The second kappa shape index (κ2) is 7.29. The van der Waals surface area contributed by atoms with Gasteiger partial charge in [-0.1, -0.05) is 38.0 Å². The zero-order valence-electron chi connectivity index (χ0n) is 17.0. The van der Waals surface area contributed by atoms with Crippen LogP contribution in [0.1, 0.15) is 66.8 Å². The Morgan fingerprint density at radius 2 is 1.63 bits per heavy atom. The minimum absolute atomic E-state index is 0.0445. The van der Waals surface area contributed by atoms with Crippen LogP contribution in [0.4, 0.5) is 0 Å². The number of rotatable bonds is 2. The van der Waals surface area contributed by atoms with E-state index in [4.69, 9.17) is 0 Å². The number of hydrogen-bond donors (Lipinski definition) is 0. The predicted molar refractivity (Wildman–Crippen MR) is 107 cm³/mol. The number of amides is 1. The normalized spacial score (nSPS) is 15.8. The topological polar surface area (TPSA) is 55.2 Å². The van der Waals surface area contributed by atoms with Gasteiger partial charge in [-0.2, -0.15) is 5.10 Å². The van der Waals surface area contributed by atoms with Gasteiger partial charge in [-0.05, 0) is 44.9 Å². The smallest absolute Gasteiger partial charge is 0.267 e. The maximum atomic E-state index is 12.8. The minimum Gasteiger partial charge on any atom is -0.338 e. The highest BCUT2D eigenvalue weighted by atomic mass is 16.2. The van der Waals surface area contributed by atoms with Gasteiger partial charge in [0, 0.05) is 30.1 Å². The van der Waals surface area contributed by atoms with Crippen LogP contribution < -0.4 is 5.56 Å². The first-order valence-corrected chi connectivity index (χ1v) is 9.63. The van der Waals surface area contributed by atoms with Crippen molar-refractivity contribution in [2.24, 2.45) is 0 Å². The zero-order valence-corrected chi connectivity index (χ0v) is 17.0. The summed E-state index contributed by atoms with van der Waals surface area (Å²) >= 11 is 0. The lowest BCUT2D eigenvalue weighted by Crippen LogP contribution is -2.41. The van der Waals surface area contributed by atoms with Crippen molar-refractivity contribution in [2.75, 3.05) is 13.1 Å². The molecule has 1 aromatic carbocycles. The molecule has 1 fully saturated rings. The maximum Gasteiger partial charge on any atom is 0.267 e. The van der Waals surface area contributed by atoms with Gasteiger partial charge >= 0.3 is 0 Å². The summed E-state index contributed by atoms with van der Waals surface area (Å²) in [5.74, 6) is 0.0731. The van der Waals surface area contributed by atoms with E-state index in [2.05, 4.69) is 31.9 Å². The predicted octanol–water partition coefficient (Wildman–Crippen LogP) is 3.63. The highest BCUT2D eigenvalue weighted by Gasteiger charge is 2.27. The molecule has 0 atom stereocenters. The largest absolute Gasteiger partial charge is 0.338 e. The third-order valence-corrected chi connectivity index (χ3v) is 5.16. The lowest BCUT2D eigenvalue weighted by atomic mass is 9.92. The summed E-state index contributed by atoms with van der Waals surface area (Å²) in [6.07, 6.45) is 1.49. The van der Waals surface area contributed by atoms with Crippen molar-refractivity contribution in [3.63, 3.8) is 0 Å². The summed E-state index contributed by atoms with van der Waals surface area (Å²) in [4.78, 5) is 27.1. The molecular formula is C22H29N3O2. The summed E-state index contributed by atoms with van der Waals surface area (Å²) in [7, 11) is 0. The lowest BCUT2D eigenvalue weighted by molar-refractivity contribution is 0.0687. The Kier molecular flexibility index (Phi) is 5.22. The summed E-state index contributed by atoms with van der Waals surface area (Å²) in [6, 6.07) is 9.44. The summed E-state index contributed by atoms with van der Waals surface area (Å²) in [6.45, 7) is 11.6. The van der Waals surface area contributed by atoms with E-state index < -0.39 is 0 Å². The third-order valence-electron chi connectivity index (χ3n) is 5.16. The highest BCUT2D eigenvalue weighted by Crippen LogP contribution is 2.24. The van der Waals surface area contributed by atoms with Gasteiger partial charge in [0.25, 0.3) is 11.5 Å². The number of aromatic nitrogens is 2. The van der Waals surface area contributed by atoms with Crippen molar-refractivity contribution >= 4 is 5.91 Å². The molecule has 0 radical (unpaired) electrons. The van der Waals surface area contributed by atoms with Crippen LogP contribution in [-0.4, -0.2) is 33.7 Å². The van der Waals surface area contributed by atoms with Crippen LogP contribution in [0.5, 0.6) is 0 Å². The molecule has 0 aliphatic carbocycles. The molecule has 2 aromatic rings. The molecule has 1 aliphatic heterocycles. The first-order valence-electron chi connectivity index (χ1n) is 9.63. The van der Waals surface area contributed by atoms with Crippen molar-refractivity contribution in [1.82, 2.24) is 14.7 Å². The molecule has 0 spiro atoms. The Bertz CT molecular complexity index is 880. The number of likely N-dealkylation sites (tertiary alicyclic amines) is 1. The Morgan fingerprint density at radius 3 is 2.19 bits per heavy atom. The van der Waals surface area contributed by atoms with Gasteiger partial charge in [0.05, 0.1) is 11.7 Å². The van der Waals surface area contributed by atoms with E-state index in [-0.39, 0.29) is 22.9 Å². The Hall–Kier alpha value is -2.43. The van der Waals surface area contributed by atoms with E-state index in [0.29, 0.717) is 13.1 Å². The number of nitrogens with zero attached hydrogens (tertiary/aromatic N) is 3. The standard InChI is InChI=1S/C22H29N3O2/c1-15-12-16(2)14-17(13-15)21(27)24-10-8-18(9-11-24)25-20(26)7-6-19(23-25)22(3,4)5/h6-7,12-14,18H,8-11H2,1-5H3. The molecule has 1 aromatic heterocycles. The number of carbonyl (C=O) groups is 1. The minimum atomic E-state index is -0.102. The quantitative estimate of drug-likeness (QED) is 0.814. The van der Waals surface area contributed by atoms with E-state index in [1.165, 1.54) is 0 Å². The van der Waals surface area contributed by atoms with Gasteiger partial charge in [0.15, 0.2) is 0 Å². The van der Waals surface area contributed by atoms with Crippen LogP contribution in [0.2, 0.25) is 0 Å². The molecule has 0 N–H and O–H groups in total. The SMILES string of the molecule is Cc1cc(C)cc(C(=O)N2CCC(n3nc(C(C)(C)C)ccc3=O)CC2)c1. The van der Waals surface area contributed by atoms with E-state index in [1.54, 1.807) is 10.7 Å². The van der Waals surface area contributed by atoms with Gasteiger partial charge in [-0.15, -0.1) is 0 Å². The van der Waals surface area contributed by atoms with Crippen molar-refractivity contribution in [1.29, 1.82) is 0 Å². The van der Waals surface area contributed by atoms with E-state index >= 15 is 0 Å². The second-order valence-electron chi connectivity index (χ2n) is 8.65. The molecule has 5 nitrogen and oxygen atoms in total. The molecule has 0 saturated carbocycles. The monoisotopic (exact) mass is 367 g/mol. The van der Waals surface area contributed by atoms with Crippen LogP contribution in [-0.2, 0) is 5.41 Å². The maximum absolute atomic E-state index is 12.8. The molecule has 1 aliphatic rings. The average molecular weight is 367 g/mol. The van der Waals surface area contributed by atoms with Gasteiger partial charge in [-0.3, -0.25) is 9.59 Å². The Morgan fingerprint density at radius 1 is 1.04 bits per heavy atom. The van der Waals surface area contributed by atoms with Crippen LogP contribution in [0.3, 0.4) is 0 Å². The van der Waals surface area contributed by atoms with Crippen LogP contribution in [0.25, 0.3) is 0 Å². The number of benzene rings is 1. The van der Waals surface area contributed by atoms with Crippen LogP contribution >= 0.6 is 0 Å². The van der Waals surface area contributed by atoms with Crippen molar-refractivity contribution in [3.8, 4) is 0 Å². The fourth-order valence-electron chi connectivity index (χ4n) is 3.68. The molecule has 2 heterocycles. The molecule has 1 amide bonds.